The fourth-order valence-electron chi connectivity index (χ4n) is 1.88. The predicted octanol–water partition coefficient (Wildman–Crippen LogP) is 6.78. The van der Waals surface area contributed by atoms with E-state index in [2.05, 4.69) is 31.9 Å². The molecule has 0 spiro atoms. The first-order chi connectivity index (χ1) is 9.93. The van der Waals surface area contributed by atoms with Gasteiger partial charge in [-0.15, -0.1) is 0 Å². The Labute approximate surface area is 149 Å². The predicted molar refractivity (Wildman–Crippen MR) is 92.5 cm³/mol. The highest BCUT2D eigenvalue weighted by molar-refractivity contribution is 9.10. The second kappa shape index (κ2) is 7.32. The SMILES string of the molecule is CCOc1cc(Cl)c(C(Br)c2ccc(Br)cc2F)cc1Cl. The summed E-state index contributed by atoms with van der Waals surface area (Å²) in [4.78, 5) is -0.397. The molecule has 112 valence electrons. The molecule has 2 rings (SSSR count). The number of rotatable bonds is 4. The molecule has 6 heteroatoms. The highest BCUT2D eigenvalue weighted by Crippen LogP contribution is 2.41. The second-order valence-corrected chi connectivity index (χ2v) is 6.91. The van der Waals surface area contributed by atoms with Gasteiger partial charge in [-0.1, -0.05) is 61.1 Å². The zero-order valence-corrected chi connectivity index (χ0v) is 15.7. The lowest BCUT2D eigenvalue weighted by Gasteiger charge is -2.16. The van der Waals surface area contributed by atoms with Gasteiger partial charge in [-0.2, -0.15) is 0 Å². The van der Waals surface area contributed by atoms with Crippen molar-refractivity contribution in [3.8, 4) is 5.75 Å². The number of ether oxygens (including phenoxy) is 1. The van der Waals surface area contributed by atoms with Crippen LogP contribution in [-0.2, 0) is 0 Å². The van der Waals surface area contributed by atoms with Gasteiger partial charge in [0.25, 0.3) is 0 Å². The topological polar surface area (TPSA) is 9.23 Å². The standard InChI is InChI=1S/C15H11Br2Cl2FO/c1-2-21-14-7-11(18)10(6-12(14)19)15(17)9-4-3-8(16)5-13(9)20/h3-7,15H,2H2,1H3. The molecule has 0 N–H and O–H groups in total. The first-order valence-corrected chi connectivity index (χ1v) is 8.61. The summed E-state index contributed by atoms with van der Waals surface area (Å²) in [6.07, 6.45) is 0. The largest absolute Gasteiger partial charge is 0.492 e. The molecule has 0 amide bonds. The van der Waals surface area contributed by atoms with Crippen molar-refractivity contribution < 1.29 is 9.13 Å². The summed E-state index contributed by atoms with van der Waals surface area (Å²) in [5, 5.41) is 0.908. The average Bonchev–Trinajstić information content (AvgIpc) is 2.42. The van der Waals surface area contributed by atoms with Gasteiger partial charge in [-0.05, 0) is 30.7 Å². The zero-order chi connectivity index (χ0) is 15.6. The average molecular weight is 457 g/mol. The molecule has 21 heavy (non-hydrogen) atoms. The summed E-state index contributed by atoms with van der Waals surface area (Å²) in [6.45, 7) is 2.36. The van der Waals surface area contributed by atoms with Gasteiger partial charge in [0.1, 0.15) is 11.6 Å². The highest BCUT2D eigenvalue weighted by Gasteiger charge is 2.20. The van der Waals surface area contributed by atoms with Gasteiger partial charge in [0.15, 0.2) is 0 Å². The van der Waals surface area contributed by atoms with Crippen molar-refractivity contribution in [2.24, 2.45) is 0 Å². The van der Waals surface area contributed by atoms with Crippen molar-refractivity contribution in [2.45, 2.75) is 11.8 Å². The highest BCUT2D eigenvalue weighted by atomic mass is 79.9. The molecule has 0 aliphatic rings. The normalized spacial score (nSPS) is 12.3. The molecule has 1 unspecified atom stereocenters. The van der Waals surface area contributed by atoms with Crippen molar-refractivity contribution in [1.29, 1.82) is 0 Å². The Bertz CT molecular complexity index is 664. The van der Waals surface area contributed by atoms with E-state index in [0.717, 1.165) is 0 Å². The number of halogens is 5. The van der Waals surface area contributed by atoms with Gasteiger partial charge in [0.05, 0.1) is 16.5 Å². The van der Waals surface area contributed by atoms with Crippen LogP contribution in [0.1, 0.15) is 22.9 Å². The molecule has 0 bridgehead atoms. The maximum Gasteiger partial charge on any atom is 0.139 e. The first kappa shape index (κ1) is 17.1. The number of benzene rings is 2. The molecule has 0 aliphatic carbocycles. The van der Waals surface area contributed by atoms with Crippen LogP contribution < -0.4 is 4.74 Å². The van der Waals surface area contributed by atoms with Crippen molar-refractivity contribution in [3.63, 3.8) is 0 Å². The smallest absolute Gasteiger partial charge is 0.139 e. The summed E-state index contributed by atoms with van der Waals surface area (Å²) >= 11 is 19.2. The number of hydrogen-bond acceptors (Lipinski definition) is 1. The van der Waals surface area contributed by atoms with Crippen LogP contribution in [0.15, 0.2) is 34.8 Å². The summed E-state index contributed by atoms with van der Waals surface area (Å²) in [7, 11) is 0. The maximum atomic E-state index is 14.1. The Morgan fingerprint density at radius 2 is 1.86 bits per heavy atom. The molecule has 0 saturated carbocycles. The molecule has 0 radical (unpaired) electrons. The molecule has 0 saturated heterocycles. The molecule has 0 aliphatic heterocycles. The van der Waals surface area contributed by atoms with E-state index in [0.29, 0.717) is 38.0 Å². The van der Waals surface area contributed by atoms with Gasteiger partial charge < -0.3 is 4.74 Å². The monoisotopic (exact) mass is 454 g/mol. The second-order valence-electron chi connectivity index (χ2n) is 4.27. The molecular weight excluding hydrogens is 446 g/mol. The quantitative estimate of drug-likeness (QED) is 0.461. The molecule has 1 nitrogen and oxygen atoms in total. The van der Waals surface area contributed by atoms with Crippen LogP contribution in [0.4, 0.5) is 4.39 Å². The van der Waals surface area contributed by atoms with E-state index in [4.69, 9.17) is 27.9 Å². The van der Waals surface area contributed by atoms with Crippen LogP contribution in [-0.4, -0.2) is 6.61 Å². The third kappa shape index (κ3) is 3.92. The Hall–Kier alpha value is -0.290. The maximum absolute atomic E-state index is 14.1. The van der Waals surface area contributed by atoms with Crippen LogP contribution in [0.3, 0.4) is 0 Å². The molecule has 2 aromatic carbocycles. The van der Waals surface area contributed by atoms with Gasteiger partial charge in [-0.3, -0.25) is 0 Å². The van der Waals surface area contributed by atoms with Gasteiger partial charge in [-0.25, -0.2) is 4.39 Å². The molecule has 0 fully saturated rings. The van der Waals surface area contributed by atoms with E-state index in [1.54, 1.807) is 24.3 Å². The van der Waals surface area contributed by atoms with E-state index in [1.165, 1.54) is 6.07 Å². The van der Waals surface area contributed by atoms with E-state index >= 15 is 0 Å². The Morgan fingerprint density at radius 1 is 1.14 bits per heavy atom. The summed E-state index contributed by atoms with van der Waals surface area (Å²) < 4.78 is 20.1. The van der Waals surface area contributed by atoms with Crippen molar-refractivity contribution >= 4 is 55.1 Å². The molecule has 0 heterocycles. The Balaban J connectivity index is 2.43. The number of hydrogen-bond donors (Lipinski definition) is 0. The van der Waals surface area contributed by atoms with Crippen LogP contribution in [0.25, 0.3) is 0 Å². The zero-order valence-electron chi connectivity index (χ0n) is 11.0. The molecule has 2 aromatic rings. The molecule has 1 atom stereocenters. The van der Waals surface area contributed by atoms with Crippen molar-refractivity contribution in [2.75, 3.05) is 6.61 Å². The van der Waals surface area contributed by atoms with Crippen LogP contribution in [0.2, 0.25) is 10.0 Å². The lowest BCUT2D eigenvalue weighted by Crippen LogP contribution is -1.99. The minimum atomic E-state index is -0.397. The van der Waals surface area contributed by atoms with Gasteiger partial charge >= 0.3 is 0 Å². The Kier molecular flexibility index (Phi) is 5.95. The third-order valence-corrected chi connectivity index (χ3v) is 4.96. The number of alkyl halides is 1. The lowest BCUT2D eigenvalue weighted by atomic mass is 10.0. The van der Waals surface area contributed by atoms with Crippen LogP contribution >= 0.6 is 55.1 Å². The van der Waals surface area contributed by atoms with Crippen molar-refractivity contribution in [1.82, 2.24) is 0 Å². The Morgan fingerprint density at radius 3 is 2.48 bits per heavy atom. The minimum absolute atomic E-state index is 0.327. The van der Waals surface area contributed by atoms with Crippen LogP contribution in [0.5, 0.6) is 5.75 Å². The van der Waals surface area contributed by atoms with E-state index in [-0.39, 0.29) is 5.82 Å². The fourth-order valence-corrected chi connectivity index (χ4v) is 3.58. The van der Waals surface area contributed by atoms with Crippen molar-refractivity contribution in [3.05, 3.63) is 61.8 Å². The lowest BCUT2D eigenvalue weighted by molar-refractivity contribution is 0.340. The minimum Gasteiger partial charge on any atom is -0.492 e. The first-order valence-electron chi connectivity index (χ1n) is 6.14. The summed E-state index contributed by atoms with van der Waals surface area (Å²) in [6, 6.07) is 8.22. The summed E-state index contributed by atoms with van der Waals surface area (Å²) in [5.74, 6) is 0.191. The van der Waals surface area contributed by atoms with Gasteiger partial charge in [0, 0.05) is 21.1 Å². The van der Waals surface area contributed by atoms with E-state index in [9.17, 15) is 4.39 Å². The van der Waals surface area contributed by atoms with Gasteiger partial charge in [0.2, 0.25) is 0 Å². The molecule has 0 aromatic heterocycles. The van der Waals surface area contributed by atoms with E-state index < -0.39 is 4.83 Å². The van der Waals surface area contributed by atoms with Crippen LogP contribution in [0, 0.1) is 5.82 Å². The summed E-state index contributed by atoms with van der Waals surface area (Å²) in [5.41, 5.74) is 1.17. The third-order valence-electron chi connectivity index (χ3n) is 2.86. The fraction of sp³-hybridized carbons (Fsp3) is 0.200. The van der Waals surface area contributed by atoms with E-state index in [1.807, 2.05) is 6.92 Å². The molecular formula is C15H11Br2Cl2FO.